The Morgan fingerprint density at radius 3 is 2.43 bits per heavy atom. The smallest absolute Gasteiger partial charge is 0.229 e. The predicted octanol–water partition coefficient (Wildman–Crippen LogP) is 3.67. The van der Waals surface area contributed by atoms with Crippen LogP contribution in [-0.2, 0) is 17.8 Å². The van der Waals surface area contributed by atoms with Crippen molar-refractivity contribution in [3.63, 3.8) is 0 Å². The first-order valence-corrected chi connectivity index (χ1v) is 10.4. The molecule has 3 aromatic rings. The van der Waals surface area contributed by atoms with Crippen LogP contribution in [0.5, 0.6) is 0 Å². The van der Waals surface area contributed by atoms with Crippen LogP contribution >= 0.6 is 0 Å². The van der Waals surface area contributed by atoms with E-state index in [-0.39, 0.29) is 5.91 Å². The predicted molar refractivity (Wildman–Crippen MR) is 119 cm³/mol. The molecule has 3 heterocycles. The second-order valence-electron chi connectivity index (χ2n) is 8.42. The molecule has 1 amide bonds. The lowest BCUT2D eigenvalue weighted by molar-refractivity contribution is -0.138. The molecule has 4 rings (SSSR count). The number of aromatic nitrogens is 2. The number of hydrogen-bond donors (Lipinski definition) is 0. The van der Waals surface area contributed by atoms with Crippen LogP contribution in [0.2, 0.25) is 0 Å². The van der Waals surface area contributed by atoms with Gasteiger partial charge < -0.3 is 4.90 Å². The maximum Gasteiger partial charge on any atom is 0.229 e. The molecule has 154 valence electrons. The molecule has 30 heavy (non-hydrogen) atoms. The highest BCUT2D eigenvalue weighted by molar-refractivity contribution is 5.83. The standard InChI is InChI=1S/C25H28N4O/c1-28(2)24(30)25(10-13-29(19-25)18-21-7-4-11-26-16-21)15-20-6-3-8-22(14-20)23-9-5-12-27-17-23/h3-9,11-12,14,16-17H,10,13,15,18-19H2,1-2H3/t25-/m0/s1. The molecule has 0 unspecified atom stereocenters. The minimum atomic E-state index is -0.404. The summed E-state index contributed by atoms with van der Waals surface area (Å²) in [5.41, 5.74) is 4.20. The molecule has 5 heteroatoms. The minimum Gasteiger partial charge on any atom is -0.348 e. The Labute approximate surface area is 178 Å². The molecule has 0 saturated carbocycles. The van der Waals surface area contributed by atoms with Crippen LogP contribution in [-0.4, -0.2) is 52.9 Å². The first-order chi connectivity index (χ1) is 14.6. The summed E-state index contributed by atoms with van der Waals surface area (Å²) in [6.07, 6.45) is 8.97. The zero-order valence-electron chi connectivity index (χ0n) is 17.7. The Hall–Kier alpha value is -3.05. The third-order valence-corrected chi connectivity index (χ3v) is 5.89. The van der Waals surface area contributed by atoms with E-state index >= 15 is 0 Å². The third kappa shape index (κ3) is 4.41. The quantitative estimate of drug-likeness (QED) is 0.634. The molecule has 0 radical (unpaired) electrons. The van der Waals surface area contributed by atoms with Crippen LogP contribution in [0.3, 0.4) is 0 Å². The molecule has 1 aliphatic rings. The van der Waals surface area contributed by atoms with Crippen LogP contribution in [0.4, 0.5) is 0 Å². The van der Waals surface area contributed by atoms with Crippen molar-refractivity contribution >= 4 is 5.91 Å². The SMILES string of the molecule is CN(C)C(=O)[C@]1(Cc2cccc(-c3cccnc3)c2)CCN(Cc2cccnc2)C1. The molecule has 0 bridgehead atoms. The summed E-state index contributed by atoms with van der Waals surface area (Å²) in [7, 11) is 3.72. The molecule has 0 aliphatic carbocycles. The Morgan fingerprint density at radius 2 is 1.73 bits per heavy atom. The van der Waals surface area contributed by atoms with Crippen LogP contribution in [0.25, 0.3) is 11.1 Å². The van der Waals surface area contributed by atoms with Crippen molar-refractivity contribution < 1.29 is 4.79 Å². The number of nitrogens with zero attached hydrogens (tertiary/aromatic N) is 4. The van der Waals surface area contributed by atoms with Gasteiger partial charge in [-0.1, -0.05) is 36.4 Å². The van der Waals surface area contributed by atoms with E-state index in [1.165, 1.54) is 11.1 Å². The van der Waals surface area contributed by atoms with E-state index in [4.69, 9.17) is 0 Å². The fourth-order valence-corrected chi connectivity index (χ4v) is 4.50. The summed E-state index contributed by atoms with van der Waals surface area (Å²) in [5.74, 6) is 0.211. The first kappa shape index (κ1) is 20.2. The number of carbonyl (C=O) groups is 1. The van der Waals surface area contributed by atoms with Crippen molar-refractivity contribution in [3.8, 4) is 11.1 Å². The molecule has 0 N–H and O–H groups in total. The van der Waals surface area contributed by atoms with Crippen LogP contribution < -0.4 is 0 Å². The van der Waals surface area contributed by atoms with Gasteiger partial charge in [0, 0.05) is 52.0 Å². The lowest BCUT2D eigenvalue weighted by Gasteiger charge is -2.31. The molecule has 1 aromatic carbocycles. The van der Waals surface area contributed by atoms with Crippen LogP contribution in [0.15, 0.2) is 73.3 Å². The normalized spacial score (nSPS) is 19.0. The van der Waals surface area contributed by atoms with Gasteiger partial charge in [-0.25, -0.2) is 0 Å². The average Bonchev–Trinajstić information content (AvgIpc) is 3.18. The van der Waals surface area contributed by atoms with Crippen LogP contribution in [0.1, 0.15) is 17.5 Å². The van der Waals surface area contributed by atoms with E-state index in [1.54, 1.807) is 17.3 Å². The molecule has 0 spiro atoms. The van der Waals surface area contributed by atoms with E-state index in [0.717, 1.165) is 43.6 Å². The number of amides is 1. The molecule has 1 saturated heterocycles. The maximum absolute atomic E-state index is 13.3. The number of hydrogen-bond acceptors (Lipinski definition) is 4. The highest BCUT2D eigenvalue weighted by Crippen LogP contribution is 2.37. The Morgan fingerprint density at radius 1 is 1.00 bits per heavy atom. The third-order valence-electron chi connectivity index (χ3n) is 5.89. The molecule has 1 atom stereocenters. The van der Waals surface area contributed by atoms with E-state index in [1.807, 2.05) is 38.6 Å². The average molecular weight is 401 g/mol. The minimum absolute atomic E-state index is 0.211. The molecule has 1 aliphatic heterocycles. The maximum atomic E-state index is 13.3. The van der Waals surface area contributed by atoms with Gasteiger partial charge in [-0.05, 0) is 53.8 Å². The summed E-state index contributed by atoms with van der Waals surface area (Å²) in [4.78, 5) is 25.9. The zero-order valence-corrected chi connectivity index (χ0v) is 17.7. The van der Waals surface area contributed by atoms with Gasteiger partial charge in [0.15, 0.2) is 0 Å². The number of pyridine rings is 2. The largest absolute Gasteiger partial charge is 0.348 e. The number of carbonyl (C=O) groups excluding carboxylic acids is 1. The summed E-state index contributed by atoms with van der Waals surface area (Å²) >= 11 is 0. The zero-order chi connectivity index (χ0) is 21.0. The van der Waals surface area contributed by atoms with Crippen molar-refractivity contribution in [2.75, 3.05) is 27.2 Å². The molecule has 5 nitrogen and oxygen atoms in total. The van der Waals surface area contributed by atoms with Crippen molar-refractivity contribution in [1.29, 1.82) is 0 Å². The highest BCUT2D eigenvalue weighted by atomic mass is 16.2. The van der Waals surface area contributed by atoms with Gasteiger partial charge in [-0.15, -0.1) is 0 Å². The monoisotopic (exact) mass is 400 g/mol. The van der Waals surface area contributed by atoms with Gasteiger partial charge in [0.1, 0.15) is 0 Å². The summed E-state index contributed by atoms with van der Waals surface area (Å²) in [5, 5.41) is 0. The first-order valence-electron chi connectivity index (χ1n) is 10.4. The topological polar surface area (TPSA) is 49.3 Å². The summed E-state index contributed by atoms with van der Waals surface area (Å²) in [6.45, 7) is 2.50. The van der Waals surface area contributed by atoms with Gasteiger partial charge in [0.2, 0.25) is 5.91 Å². The Bertz CT molecular complexity index is 990. The van der Waals surface area contributed by atoms with E-state index in [2.05, 4.69) is 51.3 Å². The lowest BCUT2D eigenvalue weighted by Crippen LogP contribution is -2.43. The fourth-order valence-electron chi connectivity index (χ4n) is 4.50. The second-order valence-corrected chi connectivity index (χ2v) is 8.42. The Balaban J connectivity index is 1.57. The fraction of sp³-hybridized carbons (Fsp3) is 0.320. The van der Waals surface area contributed by atoms with Gasteiger partial charge in [0.25, 0.3) is 0 Å². The number of rotatable bonds is 6. The molecular formula is C25H28N4O. The molecule has 1 fully saturated rings. The van der Waals surface area contributed by atoms with Crippen molar-refractivity contribution in [1.82, 2.24) is 19.8 Å². The summed E-state index contributed by atoms with van der Waals surface area (Å²) in [6, 6.07) is 16.6. The molecule has 2 aromatic heterocycles. The number of likely N-dealkylation sites (tertiary alicyclic amines) is 1. The van der Waals surface area contributed by atoms with E-state index in [0.29, 0.717) is 0 Å². The second kappa shape index (κ2) is 8.76. The van der Waals surface area contributed by atoms with E-state index < -0.39 is 5.41 Å². The lowest BCUT2D eigenvalue weighted by atomic mass is 9.79. The van der Waals surface area contributed by atoms with Gasteiger partial charge in [-0.3, -0.25) is 19.7 Å². The molecular weight excluding hydrogens is 372 g/mol. The van der Waals surface area contributed by atoms with Gasteiger partial charge >= 0.3 is 0 Å². The van der Waals surface area contributed by atoms with E-state index in [9.17, 15) is 4.79 Å². The van der Waals surface area contributed by atoms with Crippen LogP contribution in [0, 0.1) is 5.41 Å². The van der Waals surface area contributed by atoms with Crippen molar-refractivity contribution in [3.05, 3.63) is 84.4 Å². The number of benzene rings is 1. The highest BCUT2D eigenvalue weighted by Gasteiger charge is 2.45. The van der Waals surface area contributed by atoms with Gasteiger partial charge in [-0.2, -0.15) is 0 Å². The van der Waals surface area contributed by atoms with Crippen molar-refractivity contribution in [2.24, 2.45) is 5.41 Å². The summed E-state index contributed by atoms with van der Waals surface area (Å²) < 4.78 is 0. The van der Waals surface area contributed by atoms with Crippen molar-refractivity contribution in [2.45, 2.75) is 19.4 Å². The Kier molecular flexibility index (Phi) is 5.91. The van der Waals surface area contributed by atoms with Gasteiger partial charge in [0.05, 0.1) is 5.41 Å².